The minimum atomic E-state index is -1.36. The zero-order chi connectivity index (χ0) is 19.6. The first kappa shape index (κ1) is 19.6. The maximum Gasteiger partial charge on any atom is 0.328 e. The maximum atomic E-state index is 12.5. The van der Waals surface area contributed by atoms with E-state index in [1.807, 2.05) is 0 Å². The average Bonchev–Trinajstić information content (AvgIpc) is 2.65. The van der Waals surface area contributed by atoms with Gasteiger partial charge in [0.15, 0.2) is 0 Å². The van der Waals surface area contributed by atoms with E-state index in [1.54, 1.807) is 0 Å². The fourth-order valence-electron chi connectivity index (χ4n) is 4.98. The Kier molecular flexibility index (Phi) is 5.99. The molecule has 4 N–H and O–H groups in total. The number of fused-ring (bicyclic) bond motifs is 1. The third kappa shape index (κ3) is 4.08. The lowest BCUT2D eigenvalue weighted by Crippen LogP contribution is -2.42. The zero-order valence-corrected chi connectivity index (χ0v) is 15.3. The van der Waals surface area contributed by atoms with E-state index in [4.69, 9.17) is 0 Å². The summed E-state index contributed by atoms with van der Waals surface area (Å²) < 4.78 is 0. The van der Waals surface area contributed by atoms with E-state index in [0.717, 1.165) is 25.3 Å². The molecule has 0 aromatic heterocycles. The SMILES string of the molecule is O=C1C=C(O)C(N[C@@H](CO)C(=O)O)=C(CC2CCCC3CCCCC32)C1=O. The Morgan fingerprint density at radius 1 is 1.15 bits per heavy atom. The number of allylic oxidation sites excluding steroid dienone is 2. The summed E-state index contributed by atoms with van der Waals surface area (Å²) in [4.78, 5) is 35.7. The van der Waals surface area contributed by atoms with Gasteiger partial charge in [-0.05, 0) is 37.0 Å². The van der Waals surface area contributed by atoms with Crippen LogP contribution in [-0.4, -0.2) is 45.5 Å². The summed E-state index contributed by atoms with van der Waals surface area (Å²) in [5.41, 5.74) is 0.120. The number of carboxylic acid groups (broad SMARTS) is 1. The first-order valence-corrected chi connectivity index (χ1v) is 9.75. The second kappa shape index (κ2) is 8.25. The summed E-state index contributed by atoms with van der Waals surface area (Å²) in [6.07, 6.45) is 9.14. The van der Waals surface area contributed by atoms with Crippen molar-refractivity contribution in [3.05, 3.63) is 23.1 Å². The minimum Gasteiger partial charge on any atom is -0.506 e. The average molecular weight is 377 g/mol. The van der Waals surface area contributed by atoms with Crippen molar-refractivity contribution in [3.63, 3.8) is 0 Å². The molecule has 148 valence electrons. The number of hydrogen-bond acceptors (Lipinski definition) is 6. The molecule has 0 amide bonds. The van der Waals surface area contributed by atoms with Gasteiger partial charge in [-0.1, -0.05) is 32.1 Å². The van der Waals surface area contributed by atoms with E-state index in [9.17, 15) is 29.7 Å². The number of ketones is 2. The molecular weight excluding hydrogens is 350 g/mol. The molecule has 0 saturated heterocycles. The van der Waals surface area contributed by atoms with Gasteiger partial charge in [-0.15, -0.1) is 0 Å². The highest BCUT2D eigenvalue weighted by Gasteiger charge is 2.38. The van der Waals surface area contributed by atoms with Crippen molar-refractivity contribution in [2.24, 2.45) is 17.8 Å². The number of carbonyl (C=O) groups excluding carboxylic acids is 2. The maximum absolute atomic E-state index is 12.5. The lowest BCUT2D eigenvalue weighted by Gasteiger charge is -2.42. The van der Waals surface area contributed by atoms with Crippen LogP contribution in [0, 0.1) is 17.8 Å². The molecule has 2 saturated carbocycles. The van der Waals surface area contributed by atoms with Gasteiger partial charge in [0, 0.05) is 11.6 Å². The molecular formula is C20H27NO6. The van der Waals surface area contributed by atoms with Crippen LogP contribution < -0.4 is 5.32 Å². The standard InChI is InChI=1S/C20H27NO6/c22-10-15(20(26)27)21-18-14(19(25)17(24)9-16(18)23)8-12-6-3-5-11-4-1-2-7-13(11)12/h9,11-13,15,21-23H,1-8,10H2,(H,26,27)/t11?,12?,13?,15-/m0/s1. The molecule has 0 heterocycles. The zero-order valence-electron chi connectivity index (χ0n) is 15.3. The molecule has 3 aliphatic carbocycles. The van der Waals surface area contributed by atoms with Crippen LogP contribution in [0.1, 0.15) is 51.4 Å². The van der Waals surface area contributed by atoms with Gasteiger partial charge in [0.1, 0.15) is 11.8 Å². The van der Waals surface area contributed by atoms with Crippen molar-refractivity contribution in [2.75, 3.05) is 6.61 Å². The van der Waals surface area contributed by atoms with Crippen molar-refractivity contribution >= 4 is 17.5 Å². The van der Waals surface area contributed by atoms with E-state index in [1.165, 1.54) is 25.7 Å². The number of aliphatic carboxylic acids is 1. The fourth-order valence-corrected chi connectivity index (χ4v) is 4.98. The molecule has 2 fully saturated rings. The van der Waals surface area contributed by atoms with E-state index in [-0.39, 0.29) is 17.2 Å². The number of rotatable bonds is 6. The summed E-state index contributed by atoms with van der Waals surface area (Å²) in [6.45, 7) is -0.699. The molecule has 0 spiro atoms. The summed E-state index contributed by atoms with van der Waals surface area (Å²) >= 11 is 0. The van der Waals surface area contributed by atoms with Crippen molar-refractivity contribution < 1.29 is 29.7 Å². The van der Waals surface area contributed by atoms with Gasteiger partial charge in [0.25, 0.3) is 0 Å². The second-order valence-electron chi connectivity index (χ2n) is 7.90. The number of carboxylic acids is 1. The third-order valence-corrected chi connectivity index (χ3v) is 6.31. The molecule has 3 unspecified atom stereocenters. The number of Topliss-reactive ketones (excluding diaryl/α,β-unsaturated/α-hetero) is 1. The van der Waals surface area contributed by atoms with Gasteiger partial charge in [0.05, 0.1) is 12.3 Å². The van der Waals surface area contributed by atoms with Gasteiger partial charge in [-0.3, -0.25) is 9.59 Å². The molecule has 0 aromatic rings. The van der Waals surface area contributed by atoms with Gasteiger partial charge in [-0.2, -0.15) is 0 Å². The Morgan fingerprint density at radius 2 is 1.85 bits per heavy atom. The van der Waals surface area contributed by atoms with Crippen LogP contribution in [0.25, 0.3) is 0 Å². The van der Waals surface area contributed by atoms with Gasteiger partial charge in [-0.25, -0.2) is 4.79 Å². The number of carbonyl (C=O) groups is 3. The number of aliphatic hydroxyl groups excluding tert-OH is 2. The third-order valence-electron chi connectivity index (χ3n) is 6.31. The summed E-state index contributed by atoms with van der Waals surface area (Å²) in [5, 5.41) is 31.2. The predicted octanol–water partition coefficient (Wildman–Crippen LogP) is 1.87. The second-order valence-corrected chi connectivity index (χ2v) is 7.90. The van der Waals surface area contributed by atoms with Crippen LogP contribution in [-0.2, 0) is 14.4 Å². The molecule has 4 atom stereocenters. The predicted molar refractivity (Wildman–Crippen MR) is 96.8 cm³/mol. The van der Waals surface area contributed by atoms with Crippen molar-refractivity contribution in [2.45, 2.75) is 57.4 Å². The van der Waals surface area contributed by atoms with Gasteiger partial charge in [0.2, 0.25) is 11.6 Å². The molecule has 3 aliphatic rings. The fraction of sp³-hybridized carbons (Fsp3) is 0.650. The quantitative estimate of drug-likeness (QED) is 0.411. The molecule has 7 nitrogen and oxygen atoms in total. The van der Waals surface area contributed by atoms with Crippen LogP contribution in [0.5, 0.6) is 0 Å². The molecule has 27 heavy (non-hydrogen) atoms. The first-order valence-electron chi connectivity index (χ1n) is 9.75. The molecule has 0 bridgehead atoms. The van der Waals surface area contributed by atoms with Crippen LogP contribution in [0.2, 0.25) is 0 Å². The molecule has 3 rings (SSSR count). The Bertz CT molecular complexity index is 693. The number of hydrogen-bond donors (Lipinski definition) is 4. The summed E-state index contributed by atoms with van der Waals surface area (Å²) in [5.74, 6) is -1.83. The largest absolute Gasteiger partial charge is 0.506 e. The lowest BCUT2D eigenvalue weighted by molar-refractivity contribution is -0.140. The number of aliphatic hydroxyl groups is 2. The van der Waals surface area contributed by atoms with E-state index < -0.39 is 35.9 Å². The monoisotopic (exact) mass is 377 g/mol. The van der Waals surface area contributed by atoms with Crippen LogP contribution >= 0.6 is 0 Å². The minimum absolute atomic E-state index is 0.0287. The summed E-state index contributed by atoms with van der Waals surface area (Å²) in [7, 11) is 0. The topological polar surface area (TPSA) is 124 Å². The highest BCUT2D eigenvalue weighted by atomic mass is 16.4. The Labute approximate surface area is 158 Å². The Balaban J connectivity index is 1.90. The Hall–Kier alpha value is -2.15. The smallest absolute Gasteiger partial charge is 0.328 e. The first-order chi connectivity index (χ1) is 12.9. The molecule has 7 heteroatoms. The van der Waals surface area contributed by atoms with Crippen molar-refractivity contribution in [3.8, 4) is 0 Å². The Morgan fingerprint density at radius 3 is 2.56 bits per heavy atom. The van der Waals surface area contributed by atoms with Gasteiger partial charge < -0.3 is 20.6 Å². The van der Waals surface area contributed by atoms with E-state index >= 15 is 0 Å². The van der Waals surface area contributed by atoms with Crippen LogP contribution in [0.4, 0.5) is 0 Å². The highest BCUT2D eigenvalue weighted by molar-refractivity contribution is 6.48. The molecule has 0 aliphatic heterocycles. The van der Waals surface area contributed by atoms with E-state index in [2.05, 4.69) is 5.32 Å². The molecule has 0 aromatic carbocycles. The van der Waals surface area contributed by atoms with Crippen LogP contribution in [0.3, 0.4) is 0 Å². The van der Waals surface area contributed by atoms with Crippen molar-refractivity contribution in [1.29, 1.82) is 0 Å². The normalized spacial score (nSPS) is 29.8. The summed E-state index contributed by atoms with van der Waals surface area (Å²) in [6, 6.07) is -1.36. The van der Waals surface area contributed by atoms with E-state index in [0.29, 0.717) is 18.3 Å². The highest BCUT2D eigenvalue weighted by Crippen LogP contribution is 2.46. The van der Waals surface area contributed by atoms with Crippen molar-refractivity contribution in [1.82, 2.24) is 5.32 Å². The van der Waals surface area contributed by atoms with Crippen LogP contribution in [0.15, 0.2) is 23.1 Å². The van der Waals surface area contributed by atoms with Gasteiger partial charge >= 0.3 is 5.97 Å². The lowest BCUT2D eigenvalue weighted by atomic mass is 9.63. The number of nitrogens with one attached hydrogen (secondary N) is 1. The molecule has 0 radical (unpaired) electrons.